The molecule has 0 aliphatic carbocycles. The summed E-state index contributed by atoms with van der Waals surface area (Å²) in [6, 6.07) is 10.6. The van der Waals surface area contributed by atoms with E-state index in [1.165, 1.54) is 5.56 Å². The Bertz CT molecular complexity index is 459. The molecule has 90 valence electrons. The van der Waals surface area contributed by atoms with Crippen LogP contribution in [0.2, 0.25) is 0 Å². The Kier molecular flexibility index (Phi) is 3.59. The number of benzene rings is 1. The van der Waals surface area contributed by atoms with Crippen LogP contribution in [0.3, 0.4) is 0 Å². The van der Waals surface area contributed by atoms with Crippen molar-refractivity contribution in [3.63, 3.8) is 0 Å². The summed E-state index contributed by atoms with van der Waals surface area (Å²) in [7, 11) is 0. The molecule has 0 saturated carbocycles. The average molecular weight is 229 g/mol. The fraction of sp³-hybridized carbons (Fsp3) is 0.357. The maximum absolute atomic E-state index is 6.13. The lowest BCUT2D eigenvalue weighted by Crippen LogP contribution is -2.30. The van der Waals surface area contributed by atoms with Crippen molar-refractivity contribution >= 4 is 0 Å². The minimum atomic E-state index is 0.0527. The molecule has 0 aliphatic rings. The SMILES string of the molecule is CCc1nccn1C(c1ccccc1)C(C)N. The van der Waals surface area contributed by atoms with Crippen LogP contribution in [-0.4, -0.2) is 15.6 Å². The van der Waals surface area contributed by atoms with Gasteiger partial charge in [0.25, 0.3) is 0 Å². The second kappa shape index (κ2) is 5.15. The average Bonchev–Trinajstić information content (AvgIpc) is 2.78. The van der Waals surface area contributed by atoms with E-state index in [-0.39, 0.29) is 12.1 Å². The van der Waals surface area contributed by atoms with Gasteiger partial charge in [0, 0.05) is 24.9 Å². The molecule has 0 radical (unpaired) electrons. The van der Waals surface area contributed by atoms with E-state index in [1.807, 2.05) is 37.5 Å². The standard InChI is InChI=1S/C14H19N3/c1-3-13-16-9-10-17(13)14(11(2)15)12-7-5-4-6-8-12/h4-11,14H,3,15H2,1-2H3. The van der Waals surface area contributed by atoms with Crippen LogP contribution in [0.5, 0.6) is 0 Å². The molecule has 2 unspecified atom stereocenters. The monoisotopic (exact) mass is 229 g/mol. The molecule has 0 bridgehead atoms. The van der Waals surface area contributed by atoms with Gasteiger partial charge in [-0.1, -0.05) is 37.3 Å². The summed E-state index contributed by atoms with van der Waals surface area (Å²) in [6.07, 6.45) is 4.78. The summed E-state index contributed by atoms with van der Waals surface area (Å²) >= 11 is 0. The quantitative estimate of drug-likeness (QED) is 0.874. The number of aromatic nitrogens is 2. The normalized spacial score (nSPS) is 14.5. The van der Waals surface area contributed by atoms with Crippen LogP contribution < -0.4 is 5.73 Å². The third-order valence-electron chi connectivity index (χ3n) is 3.00. The van der Waals surface area contributed by atoms with Crippen molar-refractivity contribution in [2.24, 2.45) is 5.73 Å². The first-order valence-electron chi connectivity index (χ1n) is 6.06. The molecule has 17 heavy (non-hydrogen) atoms. The third-order valence-corrected chi connectivity index (χ3v) is 3.00. The largest absolute Gasteiger partial charge is 0.326 e. The van der Waals surface area contributed by atoms with Crippen molar-refractivity contribution < 1.29 is 0 Å². The lowest BCUT2D eigenvalue weighted by molar-refractivity contribution is 0.481. The van der Waals surface area contributed by atoms with Gasteiger partial charge in [0.2, 0.25) is 0 Å². The number of imidazole rings is 1. The van der Waals surface area contributed by atoms with Crippen molar-refractivity contribution in [2.45, 2.75) is 32.4 Å². The Morgan fingerprint density at radius 3 is 2.59 bits per heavy atom. The van der Waals surface area contributed by atoms with Gasteiger partial charge in [-0.3, -0.25) is 0 Å². The van der Waals surface area contributed by atoms with Gasteiger partial charge in [-0.25, -0.2) is 4.98 Å². The van der Waals surface area contributed by atoms with Gasteiger partial charge in [0.05, 0.1) is 6.04 Å². The molecule has 0 aliphatic heterocycles. The Morgan fingerprint density at radius 2 is 2.00 bits per heavy atom. The number of rotatable bonds is 4. The van der Waals surface area contributed by atoms with Crippen LogP contribution in [0.25, 0.3) is 0 Å². The smallest absolute Gasteiger partial charge is 0.108 e. The molecule has 0 amide bonds. The molecule has 1 aromatic carbocycles. The number of nitrogens with two attached hydrogens (primary N) is 1. The molecule has 2 atom stereocenters. The van der Waals surface area contributed by atoms with Gasteiger partial charge in [-0.05, 0) is 12.5 Å². The lowest BCUT2D eigenvalue weighted by Gasteiger charge is -2.24. The Labute approximate surface area is 102 Å². The number of nitrogens with zero attached hydrogens (tertiary/aromatic N) is 2. The highest BCUT2D eigenvalue weighted by molar-refractivity contribution is 5.22. The summed E-state index contributed by atoms with van der Waals surface area (Å²) in [6.45, 7) is 4.15. The van der Waals surface area contributed by atoms with Crippen LogP contribution >= 0.6 is 0 Å². The van der Waals surface area contributed by atoms with E-state index in [4.69, 9.17) is 5.73 Å². The summed E-state index contributed by atoms with van der Waals surface area (Å²) in [4.78, 5) is 4.37. The van der Waals surface area contributed by atoms with Crippen molar-refractivity contribution in [2.75, 3.05) is 0 Å². The molecule has 0 fully saturated rings. The van der Waals surface area contributed by atoms with Gasteiger partial charge in [-0.2, -0.15) is 0 Å². The van der Waals surface area contributed by atoms with E-state index in [9.17, 15) is 0 Å². The third kappa shape index (κ3) is 2.39. The highest BCUT2D eigenvalue weighted by Crippen LogP contribution is 2.22. The minimum absolute atomic E-state index is 0.0527. The molecular formula is C14H19N3. The molecular weight excluding hydrogens is 210 g/mol. The molecule has 2 rings (SSSR count). The Morgan fingerprint density at radius 1 is 1.29 bits per heavy atom. The van der Waals surface area contributed by atoms with Crippen molar-refractivity contribution in [1.82, 2.24) is 9.55 Å². The maximum Gasteiger partial charge on any atom is 0.108 e. The number of hydrogen-bond donors (Lipinski definition) is 1. The van der Waals surface area contributed by atoms with E-state index >= 15 is 0 Å². The summed E-state index contributed by atoms with van der Waals surface area (Å²) in [5.74, 6) is 1.08. The fourth-order valence-electron chi connectivity index (χ4n) is 2.24. The first-order valence-corrected chi connectivity index (χ1v) is 6.06. The summed E-state index contributed by atoms with van der Waals surface area (Å²) in [5, 5.41) is 0. The molecule has 3 nitrogen and oxygen atoms in total. The van der Waals surface area contributed by atoms with E-state index in [0.29, 0.717) is 0 Å². The second-order valence-corrected chi connectivity index (χ2v) is 4.32. The number of aryl methyl sites for hydroxylation is 1. The van der Waals surface area contributed by atoms with Crippen LogP contribution in [0.4, 0.5) is 0 Å². The Balaban J connectivity index is 2.43. The number of hydrogen-bond acceptors (Lipinski definition) is 2. The highest BCUT2D eigenvalue weighted by atomic mass is 15.1. The molecule has 2 aromatic rings. The van der Waals surface area contributed by atoms with E-state index in [2.05, 4.69) is 28.6 Å². The lowest BCUT2D eigenvalue weighted by atomic mass is 10.0. The van der Waals surface area contributed by atoms with Crippen LogP contribution in [0.1, 0.15) is 31.3 Å². The first-order chi connectivity index (χ1) is 8.24. The zero-order valence-electron chi connectivity index (χ0n) is 10.4. The Hall–Kier alpha value is -1.61. The highest BCUT2D eigenvalue weighted by Gasteiger charge is 2.19. The first kappa shape index (κ1) is 11.9. The summed E-state index contributed by atoms with van der Waals surface area (Å²) < 4.78 is 2.18. The van der Waals surface area contributed by atoms with Gasteiger partial charge in [0.15, 0.2) is 0 Å². The van der Waals surface area contributed by atoms with Crippen molar-refractivity contribution in [3.05, 3.63) is 54.1 Å². The van der Waals surface area contributed by atoms with Crippen molar-refractivity contribution in [3.8, 4) is 0 Å². The fourth-order valence-corrected chi connectivity index (χ4v) is 2.24. The predicted octanol–water partition coefficient (Wildman–Crippen LogP) is 2.38. The maximum atomic E-state index is 6.13. The van der Waals surface area contributed by atoms with Gasteiger partial charge >= 0.3 is 0 Å². The molecule has 0 saturated heterocycles. The molecule has 2 N–H and O–H groups in total. The van der Waals surface area contributed by atoms with Crippen LogP contribution in [-0.2, 0) is 6.42 Å². The molecule has 1 aromatic heterocycles. The van der Waals surface area contributed by atoms with E-state index in [0.717, 1.165) is 12.2 Å². The van der Waals surface area contributed by atoms with Crippen molar-refractivity contribution in [1.29, 1.82) is 0 Å². The molecule has 1 heterocycles. The zero-order chi connectivity index (χ0) is 12.3. The second-order valence-electron chi connectivity index (χ2n) is 4.32. The van der Waals surface area contributed by atoms with Crippen LogP contribution in [0.15, 0.2) is 42.7 Å². The van der Waals surface area contributed by atoms with Gasteiger partial charge in [0.1, 0.15) is 5.82 Å². The van der Waals surface area contributed by atoms with E-state index < -0.39 is 0 Å². The minimum Gasteiger partial charge on any atom is -0.326 e. The van der Waals surface area contributed by atoms with Crippen LogP contribution in [0, 0.1) is 0 Å². The molecule has 3 heteroatoms. The molecule has 0 spiro atoms. The zero-order valence-corrected chi connectivity index (χ0v) is 10.4. The van der Waals surface area contributed by atoms with E-state index in [1.54, 1.807) is 0 Å². The summed E-state index contributed by atoms with van der Waals surface area (Å²) in [5.41, 5.74) is 7.37. The predicted molar refractivity (Wildman–Crippen MR) is 69.8 cm³/mol. The van der Waals surface area contributed by atoms with Gasteiger partial charge in [-0.15, -0.1) is 0 Å². The topological polar surface area (TPSA) is 43.8 Å². The van der Waals surface area contributed by atoms with Gasteiger partial charge < -0.3 is 10.3 Å².